The molecule has 5 aromatic rings. The van der Waals surface area contributed by atoms with Crippen LogP contribution in [0.1, 0.15) is 21.7 Å². The van der Waals surface area contributed by atoms with Crippen molar-refractivity contribution in [1.82, 2.24) is 0 Å². The molecule has 0 unspecified atom stereocenters. The van der Waals surface area contributed by atoms with Crippen LogP contribution >= 0.6 is 11.6 Å². The molecule has 2 aromatic heterocycles. The predicted molar refractivity (Wildman–Crippen MR) is 117 cm³/mol. The van der Waals surface area contributed by atoms with Crippen molar-refractivity contribution >= 4 is 39.3 Å². The van der Waals surface area contributed by atoms with E-state index in [-0.39, 0.29) is 11.5 Å². The molecule has 0 aliphatic heterocycles. The van der Waals surface area contributed by atoms with Crippen LogP contribution in [0.15, 0.2) is 86.4 Å². The van der Waals surface area contributed by atoms with Crippen molar-refractivity contribution in [1.29, 1.82) is 0 Å². The van der Waals surface area contributed by atoms with Gasteiger partial charge in [0.15, 0.2) is 5.76 Å². The minimum absolute atomic E-state index is 0.190. The molecule has 0 fully saturated rings. The number of aryl methyl sites for hydroxylation is 1. The van der Waals surface area contributed by atoms with Gasteiger partial charge in [-0.3, -0.25) is 4.79 Å². The van der Waals surface area contributed by atoms with E-state index in [2.05, 4.69) is 0 Å². The minimum atomic E-state index is -0.446. The molecule has 5 heteroatoms. The summed E-state index contributed by atoms with van der Waals surface area (Å²) in [4.78, 5) is 25.5. The first-order valence-corrected chi connectivity index (χ1v) is 9.76. The van der Waals surface area contributed by atoms with Crippen molar-refractivity contribution in [2.24, 2.45) is 0 Å². The Morgan fingerprint density at radius 3 is 2.37 bits per heavy atom. The summed E-state index contributed by atoms with van der Waals surface area (Å²) in [6.45, 7) is 1.85. The lowest BCUT2D eigenvalue weighted by molar-refractivity contribution is 0.101. The number of benzene rings is 3. The van der Waals surface area contributed by atoms with Gasteiger partial charge < -0.3 is 8.83 Å². The number of rotatable bonds is 3. The molecule has 0 spiro atoms. The summed E-state index contributed by atoms with van der Waals surface area (Å²) in [5.74, 6) is -0.0833. The highest BCUT2D eigenvalue weighted by molar-refractivity contribution is 6.30. The number of fused-ring (bicyclic) bond motifs is 3. The summed E-state index contributed by atoms with van der Waals surface area (Å²) in [5.41, 5.74) is 3.10. The van der Waals surface area contributed by atoms with Gasteiger partial charge in [-0.15, -0.1) is 0 Å². The van der Waals surface area contributed by atoms with E-state index in [1.165, 1.54) is 6.07 Å². The number of halogens is 1. The molecule has 0 saturated carbocycles. The van der Waals surface area contributed by atoms with Crippen molar-refractivity contribution in [3.05, 3.63) is 105 Å². The van der Waals surface area contributed by atoms with Crippen LogP contribution in [0.2, 0.25) is 5.02 Å². The van der Waals surface area contributed by atoms with Gasteiger partial charge in [0, 0.05) is 27.6 Å². The lowest BCUT2D eigenvalue weighted by Gasteiger charge is -2.05. The average Bonchev–Trinajstić information content (AvgIpc) is 3.14. The molecule has 146 valence electrons. The van der Waals surface area contributed by atoms with Crippen molar-refractivity contribution in [3.8, 4) is 11.1 Å². The molecule has 0 N–H and O–H groups in total. The molecule has 0 amide bonds. The molecule has 0 atom stereocenters. The normalized spacial score (nSPS) is 11.3. The Labute approximate surface area is 176 Å². The number of carbonyl (C=O) groups excluding carboxylic acids is 1. The number of carbonyl (C=O) groups is 1. The van der Waals surface area contributed by atoms with Crippen molar-refractivity contribution in [2.45, 2.75) is 6.92 Å². The second-order valence-electron chi connectivity index (χ2n) is 7.07. The number of furan rings is 1. The van der Waals surface area contributed by atoms with Gasteiger partial charge in [0.1, 0.15) is 11.2 Å². The molecule has 0 radical (unpaired) electrons. The molecule has 3 aromatic carbocycles. The van der Waals surface area contributed by atoms with Crippen LogP contribution in [-0.4, -0.2) is 5.78 Å². The van der Waals surface area contributed by atoms with Gasteiger partial charge in [0.2, 0.25) is 5.78 Å². The van der Waals surface area contributed by atoms with E-state index in [1.54, 1.807) is 30.3 Å². The van der Waals surface area contributed by atoms with Crippen molar-refractivity contribution < 1.29 is 13.6 Å². The Balaban J connectivity index is 1.89. The monoisotopic (exact) mass is 414 g/mol. The van der Waals surface area contributed by atoms with Crippen LogP contribution < -0.4 is 5.63 Å². The Kier molecular flexibility index (Phi) is 4.30. The largest absolute Gasteiger partial charge is 0.452 e. The maximum atomic E-state index is 13.4. The van der Waals surface area contributed by atoms with E-state index in [9.17, 15) is 9.59 Å². The SMILES string of the molecule is Cc1cc(=O)oc2c1ccc1oc(C(=O)c3ccc(Cl)cc3)c(-c3ccccc3)c12. The van der Waals surface area contributed by atoms with Gasteiger partial charge in [-0.1, -0.05) is 41.9 Å². The molecule has 0 aliphatic carbocycles. The Bertz CT molecular complexity index is 1480. The van der Waals surface area contributed by atoms with Crippen LogP contribution in [0.5, 0.6) is 0 Å². The van der Waals surface area contributed by atoms with Crippen LogP contribution in [-0.2, 0) is 0 Å². The predicted octanol–water partition coefficient (Wildman–Crippen LogP) is 6.40. The Hall–Kier alpha value is -3.63. The third-order valence-electron chi connectivity index (χ3n) is 5.15. The van der Waals surface area contributed by atoms with Gasteiger partial charge in [0.05, 0.1) is 5.39 Å². The summed E-state index contributed by atoms with van der Waals surface area (Å²) in [5, 5.41) is 1.95. The molecular weight excluding hydrogens is 400 g/mol. The fourth-order valence-corrected chi connectivity index (χ4v) is 3.86. The number of ketones is 1. The highest BCUT2D eigenvalue weighted by atomic mass is 35.5. The van der Waals surface area contributed by atoms with E-state index in [1.807, 2.05) is 43.3 Å². The molecule has 30 heavy (non-hydrogen) atoms. The summed E-state index contributed by atoms with van der Waals surface area (Å²) in [6.07, 6.45) is 0. The van der Waals surface area contributed by atoms with Gasteiger partial charge in [0.25, 0.3) is 0 Å². The smallest absolute Gasteiger partial charge is 0.336 e. The Morgan fingerprint density at radius 1 is 0.900 bits per heavy atom. The molecule has 0 bridgehead atoms. The zero-order chi connectivity index (χ0) is 20.8. The fraction of sp³-hybridized carbons (Fsp3) is 0.0400. The first-order chi connectivity index (χ1) is 14.5. The van der Waals surface area contributed by atoms with E-state index in [0.717, 1.165) is 16.5 Å². The van der Waals surface area contributed by atoms with Gasteiger partial charge in [-0.2, -0.15) is 0 Å². The number of hydrogen-bond acceptors (Lipinski definition) is 4. The molecule has 4 nitrogen and oxygen atoms in total. The standard InChI is InChI=1S/C25H15ClO4/c1-14-13-20(27)30-24-18(14)11-12-19-22(24)21(15-5-3-2-4-6-15)25(29-19)23(28)16-7-9-17(26)10-8-16/h2-13H,1H3. The zero-order valence-corrected chi connectivity index (χ0v) is 16.7. The quantitative estimate of drug-likeness (QED) is 0.253. The summed E-state index contributed by atoms with van der Waals surface area (Å²) in [7, 11) is 0. The summed E-state index contributed by atoms with van der Waals surface area (Å²) < 4.78 is 11.6. The molecular formula is C25H15ClO4. The van der Waals surface area contributed by atoms with Crippen LogP contribution in [0.4, 0.5) is 0 Å². The van der Waals surface area contributed by atoms with Crippen LogP contribution in [0.25, 0.3) is 33.1 Å². The third kappa shape index (κ3) is 2.93. The summed E-state index contributed by atoms with van der Waals surface area (Å²) in [6, 6.07) is 21.2. The second-order valence-corrected chi connectivity index (χ2v) is 7.51. The van der Waals surface area contributed by atoms with Crippen LogP contribution in [0, 0.1) is 6.92 Å². The molecule has 5 rings (SSSR count). The topological polar surface area (TPSA) is 60.4 Å². The van der Waals surface area contributed by atoms with E-state index in [4.69, 9.17) is 20.4 Å². The summed E-state index contributed by atoms with van der Waals surface area (Å²) >= 11 is 5.97. The Morgan fingerprint density at radius 2 is 1.63 bits per heavy atom. The second kappa shape index (κ2) is 7.01. The van der Waals surface area contributed by atoms with Gasteiger partial charge >= 0.3 is 5.63 Å². The first kappa shape index (κ1) is 18.4. The van der Waals surface area contributed by atoms with E-state index < -0.39 is 5.63 Å². The van der Waals surface area contributed by atoms with E-state index in [0.29, 0.717) is 32.7 Å². The lowest BCUT2D eigenvalue weighted by atomic mass is 9.96. The fourth-order valence-electron chi connectivity index (χ4n) is 3.73. The van der Waals surface area contributed by atoms with Crippen LogP contribution in [0.3, 0.4) is 0 Å². The van der Waals surface area contributed by atoms with Gasteiger partial charge in [-0.25, -0.2) is 4.79 Å². The number of hydrogen-bond donors (Lipinski definition) is 0. The van der Waals surface area contributed by atoms with Crippen molar-refractivity contribution in [2.75, 3.05) is 0 Å². The third-order valence-corrected chi connectivity index (χ3v) is 5.40. The minimum Gasteiger partial charge on any atom is -0.452 e. The average molecular weight is 415 g/mol. The zero-order valence-electron chi connectivity index (χ0n) is 15.9. The highest BCUT2D eigenvalue weighted by Gasteiger charge is 2.25. The molecule has 0 saturated heterocycles. The first-order valence-electron chi connectivity index (χ1n) is 9.38. The van der Waals surface area contributed by atoms with E-state index >= 15 is 0 Å². The molecule has 0 aliphatic rings. The maximum Gasteiger partial charge on any atom is 0.336 e. The van der Waals surface area contributed by atoms with Gasteiger partial charge in [-0.05, 0) is 54.4 Å². The maximum absolute atomic E-state index is 13.4. The van der Waals surface area contributed by atoms with Crippen molar-refractivity contribution in [3.63, 3.8) is 0 Å². The highest BCUT2D eigenvalue weighted by Crippen LogP contribution is 2.40. The molecule has 2 heterocycles. The lowest BCUT2D eigenvalue weighted by Crippen LogP contribution is -2.01.